The number of benzene rings is 2. The Bertz CT molecular complexity index is 1130. The second-order valence-corrected chi connectivity index (χ2v) is 7.32. The number of fused-ring (bicyclic) bond motifs is 3. The molecule has 4 rings (SSSR count). The van der Waals surface area contributed by atoms with E-state index in [2.05, 4.69) is 6.92 Å². The molecule has 1 aliphatic heterocycles. The Morgan fingerprint density at radius 3 is 2.80 bits per heavy atom. The van der Waals surface area contributed by atoms with Gasteiger partial charge in [0.25, 0.3) is 0 Å². The van der Waals surface area contributed by atoms with Crippen LogP contribution in [0.15, 0.2) is 51.7 Å². The van der Waals surface area contributed by atoms with Crippen LogP contribution in [0, 0.1) is 0 Å². The fourth-order valence-electron chi connectivity index (χ4n) is 3.86. The molecule has 30 heavy (non-hydrogen) atoms. The van der Waals surface area contributed by atoms with E-state index in [1.165, 1.54) is 0 Å². The van der Waals surface area contributed by atoms with Crippen LogP contribution in [0.2, 0.25) is 0 Å². The van der Waals surface area contributed by atoms with E-state index in [0.29, 0.717) is 30.0 Å². The van der Waals surface area contributed by atoms with E-state index >= 15 is 0 Å². The highest BCUT2D eigenvalue weighted by Crippen LogP contribution is 2.36. The molecule has 0 saturated carbocycles. The van der Waals surface area contributed by atoms with Crippen molar-refractivity contribution in [3.8, 4) is 5.75 Å². The summed E-state index contributed by atoms with van der Waals surface area (Å²) < 4.78 is 16.8. The summed E-state index contributed by atoms with van der Waals surface area (Å²) in [6, 6.07) is 12.8. The molecule has 6 heteroatoms. The van der Waals surface area contributed by atoms with Crippen molar-refractivity contribution in [2.75, 3.05) is 18.2 Å². The van der Waals surface area contributed by atoms with E-state index in [0.717, 1.165) is 41.5 Å². The zero-order valence-electron chi connectivity index (χ0n) is 17.3. The zero-order chi connectivity index (χ0) is 21.1. The van der Waals surface area contributed by atoms with Gasteiger partial charge in [0.15, 0.2) is 6.73 Å². The van der Waals surface area contributed by atoms with Gasteiger partial charge in [0, 0.05) is 11.5 Å². The van der Waals surface area contributed by atoms with Gasteiger partial charge in [-0.25, -0.2) is 9.59 Å². The molecule has 0 spiro atoms. The Labute approximate surface area is 175 Å². The van der Waals surface area contributed by atoms with Gasteiger partial charge in [0.05, 0.1) is 30.0 Å². The first-order chi connectivity index (χ1) is 14.6. The van der Waals surface area contributed by atoms with Crippen molar-refractivity contribution in [3.05, 3.63) is 69.6 Å². The van der Waals surface area contributed by atoms with Crippen LogP contribution < -0.4 is 15.3 Å². The monoisotopic (exact) mass is 407 g/mol. The number of nitrogens with zero attached hydrogens (tertiary/aromatic N) is 1. The van der Waals surface area contributed by atoms with Gasteiger partial charge in [-0.05, 0) is 49.6 Å². The smallest absolute Gasteiger partial charge is 0.340 e. The maximum Gasteiger partial charge on any atom is 0.340 e. The van der Waals surface area contributed by atoms with E-state index in [1.54, 1.807) is 19.1 Å². The third-order valence-electron chi connectivity index (χ3n) is 5.32. The fourth-order valence-corrected chi connectivity index (χ4v) is 3.86. The summed E-state index contributed by atoms with van der Waals surface area (Å²) in [5.74, 6) is 0.327. The summed E-state index contributed by atoms with van der Waals surface area (Å²) in [4.78, 5) is 26.6. The summed E-state index contributed by atoms with van der Waals surface area (Å²) in [7, 11) is 0. The fraction of sp³-hybridized carbons (Fsp3) is 0.333. The van der Waals surface area contributed by atoms with Gasteiger partial charge in [0.2, 0.25) is 0 Å². The lowest BCUT2D eigenvalue weighted by Gasteiger charge is -2.32. The summed E-state index contributed by atoms with van der Waals surface area (Å²) in [6.45, 7) is 4.97. The van der Waals surface area contributed by atoms with Crippen molar-refractivity contribution in [2.45, 2.75) is 39.7 Å². The van der Waals surface area contributed by atoms with Crippen LogP contribution in [0.3, 0.4) is 0 Å². The second kappa shape index (κ2) is 8.61. The van der Waals surface area contributed by atoms with Crippen LogP contribution >= 0.6 is 0 Å². The molecule has 0 aliphatic carbocycles. The number of para-hydroxylation sites is 1. The maximum atomic E-state index is 12.4. The highest BCUT2D eigenvalue weighted by Gasteiger charge is 2.25. The molecule has 0 saturated heterocycles. The lowest BCUT2D eigenvalue weighted by molar-refractivity contribution is 0.0527. The molecule has 0 radical (unpaired) electrons. The SMILES string of the molecule is CCCCc1cc(=O)oc2c3c(ccc12)OCN(c1ccccc1C(=O)OCC)C3. The predicted molar refractivity (Wildman–Crippen MR) is 115 cm³/mol. The number of hydrogen-bond acceptors (Lipinski definition) is 6. The van der Waals surface area contributed by atoms with Crippen LogP contribution in [-0.4, -0.2) is 19.3 Å². The average Bonchev–Trinajstić information content (AvgIpc) is 2.77. The van der Waals surface area contributed by atoms with E-state index < -0.39 is 0 Å². The summed E-state index contributed by atoms with van der Waals surface area (Å²) in [6.07, 6.45) is 2.88. The van der Waals surface area contributed by atoms with Gasteiger partial charge < -0.3 is 18.8 Å². The molecule has 0 unspecified atom stereocenters. The maximum absolute atomic E-state index is 12.4. The number of anilines is 1. The number of aryl methyl sites for hydroxylation is 1. The first-order valence-corrected chi connectivity index (χ1v) is 10.3. The van der Waals surface area contributed by atoms with Gasteiger partial charge in [-0.1, -0.05) is 25.5 Å². The summed E-state index contributed by atoms with van der Waals surface area (Å²) in [5.41, 5.74) is 3.22. The molecule has 0 N–H and O–H groups in total. The Morgan fingerprint density at radius 1 is 1.17 bits per heavy atom. The zero-order valence-corrected chi connectivity index (χ0v) is 17.3. The minimum atomic E-state index is -0.370. The molecule has 2 heterocycles. The Balaban J connectivity index is 1.76. The van der Waals surface area contributed by atoms with Gasteiger partial charge in [-0.3, -0.25) is 0 Å². The van der Waals surface area contributed by atoms with Gasteiger partial charge in [-0.15, -0.1) is 0 Å². The molecular weight excluding hydrogens is 382 g/mol. The van der Waals surface area contributed by atoms with Crippen LogP contribution in [-0.2, 0) is 17.7 Å². The van der Waals surface area contributed by atoms with Gasteiger partial charge >= 0.3 is 11.6 Å². The average molecular weight is 407 g/mol. The molecule has 0 fully saturated rings. The highest BCUT2D eigenvalue weighted by atomic mass is 16.5. The van der Waals surface area contributed by atoms with Crippen molar-refractivity contribution < 1.29 is 18.7 Å². The molecule has 6 nitrogen and oxygen atoms in total. The number of hydrogen-bond donors (Lipinski definition) is 0. The standard InChI is InChI=1S/C24H25NO5/c1-3-5-8-16-13-22(26)30-23-17(16)11-12-21-19(23)14-25(15-29-21)20-10-7-6-9-18(20)24(27)28-4-2/h6-7,9-13H,3-5,8,14-15H2,1-2H3. The lowest BCUT2D eigenvalue weighted by Crippen LogP contribution is -2.33. The largest absolute Gasteiger partial charge is 0.473 e. The molecule has 156 valence electrons. The van der Waals surface area contributed by atoms with E-state index in [-0.39, 0.29) is 18.3 Å². The minimum absolute atomic E-state index is 0.286. The molecule has 0 atom stereocenters. The number of rotatable bonds is 6. The first kappa shape index (κ1) is 20.0. The molecule has 0 bridgehead atoms. The Morgan fingerprint density at radius 2 is 2.00 bits per heavy atom. The summed E-state index contributed by atoms with van der Waals surface area (Å²) in [5, 5.41) is 0.936. The summed E-state index contributed by atoms with van der Waals surface area (Å²) >= 11 is 0. The first-order valence-electron chi connectivity index (χ1n) is 10.3. The molecule has 2 aromatic carbocycles. The predicted octanol–water partition coefficient (Wildman–Crippen LogP) is 4.67. The number of unbranched alkanes of at least 4 members (excludes halogenated alkanes) is 1. The van der Waals surface area contributed by atoms with Crippen molar-refractivity contribution >= 4 is 22.6 Å². The van der Waals surface area contributed by atoms with Crippen LogP contribution in [0.4, 0.5) is 5.69 Å². The number of ether oxygens (including phenoxy) is 2. The van der Waals surface area contributed by atoms with Crippen molar-refractivity contribution in [3.63, 3.8) is 0 Å². The van der Waals surface area contributed by atoms with Crippen LogP contribution in [0.1, 0.15) is 48.2 Å². The Hall–Kier alpha value is -3.28. The third kappa shape index (κ3) is 3.77. The molecule has 3 aromatic rings. The number of carbonyl (C=O) groups excluding carboxylic acids is 1. The van der Waals surface area contributed by atoms with E-state index in [9.17, 15) is 9.59 Å². The van der Waals surface area contributed by atoms with Crippen molar-refractivity contribution in [2.24, 2.45) is 0 Å². The number of carbonyl (C=O) groups is 1. The highest BCUT2D eigenvalue weighted by molar-refractivity contribution is 5.96. The number of esters is 1. The lowest BCUT2D eigenvalue weighted by atomic mass is 10.0. The van der Waals surface area contributed by atoms with Gasteiger partial charge in [-0.2, -0.15) is 0 Å². The van der Waals surface area contributed by atoms with Crippen molar-refractivity contribution in [1.82, 2.24) is 0 Å². The third-order valence-corrected chi connectivity index (χ3v) is 5.32. The molecular formula is C24H25NO5. The molecule has 1 aliphatic rings. The van der Waals surface area contributed by atoms with E-state index in [1.807, 2.05) is 35.2 Å². The molecule has 0 amide bonds. The van der Waals surface area contributed by atoms with Gasteiger partial charge in [0.1, 0.15) is 11.3 Å². The Kier molecular flexibility index (Phi) is 5.74. The quantitative estimate of drug-likeness (QED) is 0.437. The van der Waals surface area contributed by atoms with E-state index in [4.69, 9.17) is 13.9 Å². The minimum Gasteiger partial charge on any atom is -0.473 e. The molecule has 1 aromatic heterocycles. The van der Waals surface area contributed by atoms with Crippen molar-refractivity contribution in [1.29, 1.82) is 0 Å². The normalized spacial score (nSPS) is 13.1. The topological polar surface area (TPSA) is 69.0 Å². The van der Waals surface area contributed by atoms with Crippen LogP contribution in [0.5, 0.6) is 5.75 Å². The van der Waals surface area contributed by atoms with Crippen LogP contribution in [0.25, 0.3) is 11.0 Å². The second-order valence-electron chi connectivity index (χ2n) is 7.32.